The van der Waals surface area contributed by atoms with Gasteiger partial charge in [-0.2, -0.15) is 0 Å². The minimum atomic E-state index is -0.139. The van der Waals surface area contributed by atoms with Crippen molar-refractivity contribution < 1.29 is 9.90 Å². The molecule has 20 heavy (non-hydrogen) atoms. The van der Waals surface area contributed by atoms with Crippen LogP contribution < -0.4 is 0 Å². The van der Waals surface area contributed by atoms with Gasteiger partial charge in [-0.05, 0) is 59.8 Å². The third-order valence-corrected chi connectivity index (χ3v) is 3.80. The summed E-state index contributed by atoms with van der Waals surface area (Å²) in [7, 11) is 1.72. The van der Waals surface area contributed by atoms with Crippen LogP contribution in [-0.2, 0) is 6.54 Å². The van der Waals surface area contributed by atoms with Gasteiger partial charge in [0.2, 0.25) is 0 Å². The van der Waals surface area contributed by atoms with Gasteiger partial charge < -0.3 is 10.0 Å². The number of carbonyl (C=O) groups is 1. The zero-order valence-corrected chi connectivity index (χ0v) is 13.5. The van der Waals surface area contributed by atoms with Crippen LogP contribution in [0.4, 0.5) is 0 Å². The van der Waals surface area contributed by atoms with Gasteiger partial charge in [0, 0.05) is 18.3 Å². The Balaban J connectivity index is 2.14. The number of pyridine rings is 1. The molecule has 0 aliphatic heterocycles. The zero-order chi connectivity index (χ0) is 14.7. The van der Waals surface area contributed by atoms with Gasteiger partial charge in [0.1, 0.15) is 5.75 Å². The fraction of sp³-hybridized carbons (Fsp3) is 0.200. The molecule has 1 N–H and O–H groups in total. The van der Waals surface area contributed by atoms with Crippen LogP contribution >= 0.6 is 22.6 Å². The molecule has 0 spiro atoms. The van der Waals surface area contributed by atoms with Crippen molar-refractivity contribution in [2.24, 2.45) is 0 Å². The van der Waals surface area contributed by atoms with Gasteiger partial charge in [-0.1, -0.05) is 6.07 Å². The lowest BCUT2D eigenvalue weighted by molar-refractivity contribution is 0.0783. The maximum Gasteiger partial charge on any atom is 0.254 e. The second kappa shape index (κ2) is 6.21. The summed E-state index contributed by atoms with van der Waals surface area (Å²) >= 11 is 2.02. The molecule has 0 saturated heterocycles. The van der Waals surface area contributed by atoms with Crippen molar-refractivity contribution in [3.05, 3.63) is 56.9 Å². The van der Waals surface area contributed by atoms with Gasteiger partial charge >= 0.3 is 0 Å². The highest BCUT2D eigenvalue weighted by Gasteiger charge is 2.14. The smallest absolute Gasteiger partial charge is 0.254 e. The molecule has 0 saturated carbocycles. The van der Waals surface area contributed by atoms with E-state index in [1.54, 1.807) is 24.1 Å². The molecule has 1 aromatic heterocycles. The number of rotatable bonds is 3. The van der Waals surface area contributed by atoms with Crippen LogP contribution in [0, 0.1) is 10.5 Å². The molecule has 0 aliphatic carbocycles. The van der Waals surface area contributed by atoms with E-state index in [0.717, 1.165) is 15.0 Å². The van der Waals surface area contributed by atoms with Crippen molar-refractivity contribution in [3.8, 4) is 5.75 Å². The van der Waals surface area contributed by atoms with Crippen molar-refractivity contribution in [1.29, 1.82) is 0 Å². The van der Waals surface area contributed by atoms with E-state index in [1.165, 1.54) is 6.07 Å². The predicted molar refractivity (Wildman–Crippen MR) is 85.6 cm³/mol. The molecule has 2 rings (SSSR count). The average Bonchev–Trinajstić information content (AvgIpc) is 2.41. The second-order valence-corrected chi connectivity index (χ2v) is 5.76. The van der Waals surface area contributed by atoms with Gasteiger partial charge in [-0.25, -0.2) is 0 Å². The lowest BCUT2D eigenvalue weighted by Gasteiger charge is -2.17. The largest absolute Gasteiger partial charge is 0.507 e. The number of nitrogens with zero attached hydrogens (tertiary/aromatic N) is 2. The number of hydrogen-bond acceptors (Lipinski definition) is 3. The van der Waals surface area contributed by atoms with Gasteiger partial charge in [0.25, 0.3) is 5.91 Å². The Morgan fingerprint density at radius 3 is 2.75 bits per heavy atom. The minimum Gasteiger partial charge on any atom is -0.507 e. The minimum absolute atomic E-state index is 0.124. The lowest BCUT2D eigenvalue weighted by Crippen LogP contribution is -2.26. The number of aromatic nitrogens is 1. The topological polar surface area (TPSA) is 53.4 Å². The van der Waals surface area contributed by atoms with Crippen LogP contribution in [0.3, 0.4) is 0 Å². The molecule has 4 nitrogen and oxygen atoms in total. The molecule has 1 aromatic carbocycles. The zero-order valence-electron chi connectivity index (χ0n) is 11.3. The predicted octanol–water partition coefficient (Wildman–Crippen LogP) is 2.97. The number of phenols is 1. The van der Waals surface area contributed by atoms with E-state index in [-0.39, 0.29) is 11.7 Å². The molecule has 0 fully saturated rings. The van der Waals surface area contributed by atoms with Crippen LogP contribution in [0.5, 0.6) is 5.75 Å². The van der Waals surface area contributed by atoms with Crippen molar-refractivity contribution in [2.75, 3.05) is 7.05 Å². The molecule has 104 valence electrons. The first kappa shape index (κ1) is 14.8. The van der Waals surface area contributed by atoms with Crippen molar-refractivity contribution in [1.82, 2.24) is 9.88 Å². The summed E-state index contributed by atoms with van der Waals surface area (Å²) in [6.45, 7) is 2.36. The van der Waals surface area contributed by atoms with E-state index < -0.39 is 0 Å². The van der Waals surface area contributed by atoms with Crippen LogP contribution in [-0.4, -0.2) is 27.9 Å². The molecule has 0 unspecified atom stereocenters. The number of benzene rings is 1. The molecular weight excluding hydrogens is 367 g/mol. The molecular formula is C15H15IN2O2. The molecule has 0 radical (unpaired) electrons. The summed E-state index contributed by atoms with van der Waals surface area (Å²) in [5, 5.41) is 9.67. The molecule has 0 bridgehead atoms. The third-order valence-electron chi connectivity index (χ3n) is 2.88. The van der Waals surface area contributed by atoms with E-state index >= 15 is 0 Å². The number of aryl methyl sites for hydroxylation is 1. The lowest BCUT2D eigenvalue weighted by atomic mass is 10.2. The summed E-state index contributed by atoms with van der Waals surface area (Å²) in [6, 6.07) is 10.7. The Morgan fingerprint density at radius 1 is 1.35 bits per heavy atom. The third kappa shape index (κ3) is 3.47. The summed E-state index contributed by atoms with van der Waals surface area (Å²) < 4.78 is 0.724. The van der Waals surface area contributed by atoms with Gasteiger partial charge in [-0.15, -0.1) is 0 Å². The normalized spacial score (nSPS) is 10.3. The summed E-state index contributed by atoms with van der Waals surface area (Å²) in [6.07, 6.45) is 0. The summed E-state index contributed by atoms with van der Waals surface area (Å²) in [5.41, 5.74) is 2.24. The molecule has 1 heterocycles. The summed E-state index contributed by atoms with van der Waals surface area (Å²) in [5.74, 6) is -0.0152. The Kier molecular flexibility index (Phi) is 4.59. The Morgan fingerprint density at radius 2 is 2.10 bits per heavy atom. The average molecular weight is 382 g/mol. The molecule has 5 heteroatoms. The quantitative estimate of drug-likeness (QED) is 0.831. The van der Waals surface area contributed by atoms with Gasteiger partial charge in [0.05, 0.1) is 15.8 Å². The van der Waals surface area contributed by atoms with E-state index in [2.05, 4.69) is 4.98 Å². The van der Waals surface area contributed by atoms with Crippen molar-refractivity contribution >= 4 is 28.5 Å². The van der Waals surface area contributed by atoms with Gasteiger partial charge in [0.15, 0.2) is 0 Å². The number of halogens is 1. The number of aromatic hydroxyl groups is 1. The number of amides is 1. The Hall–Kier alpha value is -1.63. The highest BCUT2D eigenvalue weighted by Crippen LogP contribution is 2.21. The van der Waals surface area contributed by atoms with Crippen LogP contribution in [0.15, 0.2) is 36.4 Å². The van der Waals surface area contributed by atoms with E-state index in [9.17, 15) is 9.90 Å². The second-order valence-electron chi connectivity index (χ2n) is 4.60. The molecule has 0 atom stereocenters. The van der Waals surface area contributed by atoms with Crippen LogP contribution in [0.2, 0.25) is 0 Å². The van der Waals surface area contributed by atoms with E-state index in [1.807, 2.05) is 47.7 Å². The highest BCUT2D eigenvalue weighted by molar-refractivity contribution is 14.1. The summed E-state index contributed by atoms with van der Waals surface area (Å²) in [4.78, 5) is 18.2. The monoisotopic (exact) mass is 382 g/mol. The van der Waals surface area contributed by atoms with E-state index in [4.69, 9.17) is 0 Å². The van der Waals surface area contributed by atoms with Crippen LogP contribution in [0.25, 0.3) is 0 Å². The number of hydrogen-bond donors (Lipinski definition) is 1. The van der Waals surface area contributed by atoms with Crippen molar-refractivity contribution in [2.45, 2.75) is 13.5 Å². The Bertz CT molecular complexity index is 644. The number of phenolic OH excluding ortho intramolecular Hbond substituents is 1. The fourth-order valence-electron chi connectivity index (χ4n) is 1.87. The standard InChI is InChI=1S/C15H15IN2O2/c1-10-4-3-5-12(17-10)9-18(2)15(20)11-6-7-13(16)14(19)8-11/h3-8,19H,9H2,1-2H3. The Labute approximate surface area is 131 Å². The number of carbonyl (C=O) groups excluding carboxylic acids is 1. The van der Waals surface area contributed by atoms with E-state index in [0.29, 0.717) is 12.1 Å². The maximum atomic E-state index is 12.3. The van der Waals surface area contributed by atoms with Crippen LogP contribution in [0.1, 0.15) is 21.7 Å². The molecule has 1 amide bonds. The fourth-order valence-corrected chi connectivity index (χ4v) is 2.20. The molecule has 2 aromatic rings. The highest BCUT2D eigenvalue weighted by atomic mass is 127. The first-order valence-corrected chi connectivity index (χ1v) is 7.22. The SMILES string of the molecule is Cc1cccc(CN(C)C(=O)c2ccc(I)c(O)c2)n1. The van der Waals surface area contributed by atoms with Crippen molar-refractivity contribution in [3.63, 3.8) is 0 Å². The first-order chi connectivity index (χ1) is 9.47. The van der Waals surface area contributed by atoms with Gasteiger partial charge in [-0.3, -0.25) is 9.78 Å². The first-order valence-electron chi connectivity index (χ1n) is 6.14. The molecule has 0 aliphatic rings. The maximum absolute atomic E-state index is 12.3.